The molecule has 1 aromatic carbocycles. The first-order valence-corrected chi connectivity index (χ1v) is 7.81. The maximum atomic E-state index is 6.16. The lowest BCUT2D eigenvalue weighted by Gasteiger charge is -2.32. The van der Waals surface area contributed by atoms with Gasteiger partial charge in [0.15, 0.2) is 0 Å². The van der Waals surface area contributed by atoms with E-state index in [2.05, 4.69) is 52.8 Å². The summed E-state index contributed by atoms with van der Waals surface area (Å²) >= 11 is 0. The highest BCUT2D eigenvalue weighted by Gasteiger charge is 2.52. The normalized spacial score (nSPS) is 30.0. The number of rotatable bonds is 1. The molecule has 4 heteroatoms. The molecule has 0 radical (unpaired) electrons. The van der Waals surface area contributed by atoms with E-state index < -0.39 is 0 Å². The van der Waals surface area contributed by atoms with Crippen LogP contribution >= 0.6 is 0 Å². The van der Waals surface area contributed by atoms with E-state index in [1.807, 2.05) is 18.2 Å². The van der Waals surface area contributed by atoms with Crippen molar-refractivity contribution >= 4 is 12.6 Å². The Labute approximate surface area is 132 Å². The van der Waals surface area contributed by atoms with E-state index in [0.717, 1.165) is 17.0 Å². The van der Waals surface area contributed by atoms with Crippen LogP contribution in [0.25, 0.3) is 0 Å². The average Bonchev–Trinajstić information content (AvgIpc) is 2.97. The monoisotopic (exact) mass is 296 g/mol. The van der Waals surface area contributed by atoms with Gasteiger partial charge in [0.1, 0.15) is 11.5 Å². The fourth-order valence-electron chi connectivity index (χ4n) is 3.23. The number of allylic oxidation sites excluding steroid dienone is 3. The Kier molecular flexibility index (Phi) is 2.60. The van der Waals surface area contributed by atoms with E-state index >= 15 is 0 Å². The van der Waals surface area contributed by atoms with Crippen LogP contribution in [0.5, 0.6) is 5.75 Å². The minimum Gasteiger partial charge on any atom is -0.460 e. The summed E-state index contributed by atoms with van der Waals surface area (Å²) in [6, 6.07) is 6.22. The van der Waals surface area contributed by atoms with E-state index in [9.17, 15) is 0 Å². The number of hydrogen-bond acceptors (Lipinski definition) is 3. The Hall–Kier alpha value is -1.52. The smallest absolute Gasteiger partial charge is 0.460 e. The van der Waals surface area contributed by atoms with Crippen LogP contribution in [-0.2, 0) is 14.7 Å². The standard InChI is InChI=1S/C18H21BO3/c1-16(2)17(3,4)22-19(21-16)12-8-9-14-13(11-12)18(5)10-6-7-15(18)20-14/h6-11H,1-5H3. The molecule has 1 saturated heterocycles. The van der Waals surface area contributed by atoms with Crippen molar-refractivity contribution in [3.63, 3.8) is 0 Å². The van der Waals surface area contributed by atoms with Gasteiger partial charge in [-0.3, -0.25) is 0 Å². The Morgan fingerprint density at radius 3 is 2.32 bits per heavy atom. The summed E-state index contributed by atoms with van der Waals surface area (Å²) in [5.41, 5.74) is 1.42. The molecule has 2 aliphatic heterocycles. The van der Waals surface area contributed by atoms with E-state index in [-0.39, 0.29) is 23.7 Å². The molecule has 0 amide bonds. The highest BCUT2D eigenvalue weighted by Crippen LogP contribution is 2.48. The lowest BCUT2D eigenvalue weighted by Crippen LogP contribution is -2.41. The van der Waals surface area contributed by atoms with Crippen molar-refractivity contribution in [1.82, 2.24) is 0 Å². The largest absolute Gasteiger partial charge is 0.494 e. The van der Waals surface area contributed by atoms with Crippen LogP contribution in [0.4, 0.5) is 0 Å². The molecule has 2 heterocycles. The van der Waals surface area contributed by atoms with Crippen molar-refractivity contribution < 1.29 is 14.0 Å². The number of hydrogen-bond donors (Lipinski definition) is 0. The summed E-state index contributed by atoms with van der Waals surface area (Å²) in [5.74, 6) is 1.92. The minimum absolute atomic E-state index is 0.158. The first-order chi connectivity index (χ1) is 10.2. The summed E-state index contributed by atoms with van der Waals surface area (Å²) in [7, 11) is -0.336. The van der Waals surface area contributed by atoms with Gasteiger partial charge in [-0.15, -0.1) is 0 Å². The van der Waals surface area contributed by atoms with Gasteiger partial charge in [-0.25, -0.2) is 0 Å². The second-order valence-electron chi connectivity index (χ2n) is 7.54. The topological polar surface area (TPSA) is 27.7 Å². The fourth-order valence-corrected chi connectivity index (χ4v) is 3.23. The molecule has 0 spiro atoms. The molecule has 0 aromatic heterocycles. The van der Waals surface area contributed by atoms with Crippen LogP contribution in [0.1, 0.15) is 40.2 Å². The SMILES string of the molecule is CC12C=CC=C1Oc1ccc(B3OC(C)(C)C(C)(C)O3)cc12. The highest BCUT2D eigenvalue weighted by molar-refractivity contribution is 6.62. The van der Waals surface area contributed by atoms with Gasteiger partial charge in [0.05, 0.1) is 16.6 Å². The molecule has 3 aliphatic rings. The molecule has 3 nitrogen and oxygen atoms in total. The van der Waals surface area contributed by atoms with Crippen molar-refractivity contribution in [2.75, 3.05) is 0 Å². The maximum absolute atomic E-state index is 6.16. The zero-order valence-electron chi connectivity index (χ0n) is 13.8. The van der Waals surface area contributed by atoms with Gasteiger partial charge in [-0.1, -0.05) is 24.3 Å². The lowest BCUT2D eigenvalue weighted by molar-refractivity contribution is 0.00578. The van der Waals surface area contributed by atoms with Crippen LogP contribution in [0.15, 0.2) is 42.2 Å². The van der Waals surface area contributed by atoms with Crippen LogP contribution in [0.2, 0.25) is 0 Å². The molecule has 1 aromatic rings. The summed E-state index contributed by atoms with van der Waals surface area (Å²) in [4.78, 5) is 0. The third-order valence-corrected chi connectivity index (χ3v) is 5.50. The van der Waals surface area contributed by atoms with E-state index in [1.165, 1.54) is 5.56 Å². The molecule has 114 valence electrons. The van der Waals surface area contributed by atoms with Crippen molar-refractivity contribution in [1.29, 1.82) is 0 Å². The van der Waals surface area contributed by atoms with Gasteiger partial charge < -0.3 is 14.0 Å². The predicted molar refractivity (Wildman–Crippen MR) is 87.4 cm³/mol. The Bertz CT molecular complexity index is 701. The van der Waals surface area contributed by atoms with Gasteiger partial charge >= 0.3 is 7.12 Å². The van der Waals surface area contributed by atoms with Gasteiger partial charge in [-0.2, -0.15) is 0 Å². The summed E-state index contributed by atoms with van der Waals surface area (Å²) in [6.45, 7) is 10.5. The Balaban J connectivity index is 1.73. The third-order valence-electron chi connectivity index (χ3n) is 5.50. The molecule has 0 saturated carbocycles. The number of benzene rings is 1. The van der Waals surface area contributed by atoms with Crippen LogP contribution < -0.4 is 10.2 Å². The summed E-state index contributed by atoms with van der Waals surface area (Å²) in [5, 5.41) is 0. The zero-order chi connectivity index (χ0) is 15.8. The van der Waals surface area contributed by atoms with Crippen molar-refractivity contribution in [2.24, 2.45) is 0 Å². The van der Waals surface area contributed by atoms with Gasteiger partial charge in [-0.05, 0) is 52.2 Å². The predicted octanol–water partition coefficient (Wildman–Crippen LogP) is 3.09. The summed E-state index contributed by atoms with van der Waals surface area (Å²) in [6.07, 6.45) is 6.27. The molecular weight excluding hydrogens is 275 g/mol. The molecule has 0 N–H and O–H groups in total. The third kappa shape index (κ3) is 1.71. The molecule has 1 atom stereocenters. The molecular formula is C18H21BO3. The molecule has 22 heavy (non-hydrogen) atoms. The second kappa shape index (κ2) is 4.06. The van der Waals surface area contributed by atoms with E-state index in [4.69, 9.17) is 14.0 Å². The molecule has 4 rings (SSSR count). The molecule has 1 unspecified atom stereocenters. The molecule has 0 bridgehead atoms. The number of ether oxygens (including phenoxy) is 1. The average molecular weight is 296 g/mol. The Morgan fingerprint density at radius 1 is 0.955 bits per heavy atom. The van der Waals surface area contributed by atoms with E-state index in [1.54, 1.807) is 0 Å². The molecule has 1 aliphatic carbocycles. The first-order valence-electron chi connectivity index (χ1n) is 7.81. The van der Waals surface area contributed by atoms with Gasteiger partial charge in [0.25, 0.3) is 0 Å². The van der Waals surface area contributed by atoms with E-state index in [0.29, 0.717) is 0 Å². The second-order valence-corrected chi connectivity index (χ2v) is 7.54. The van der Waals surface area contributed by atoms with Gasteiger partial charge in [0.2, 0.25) is 0 Å². The van der Waals surface area contributed by atoms with Crippen LogP contribution in [0.3, 0.4) is 0 Å². The van der Waals surface area contributed by atoms with Gasteiger partial charge in [0, 0.05) is 5.56 Å². The number of fused-ring (bicyclic) bond motifs is 3. The fraction of sp³-hybridized carbons (Fsp3) is 0.444. The first kappa shape index (κ1) is 14.1. The zero-order valence-corrected chi connectivity index (χ0v) is 13.8. The minimum atomic E-state index is -0.336. The van der Waals surface area contributed by atoms with Crippen molar-refractivity contribution in [3.05, 3.63) is 47.7 Å². The maximum Gasteiger partial charge on any atom is 0.494 e. The Morgan fingerprint density at radius 2 is 1.64 bits per heavy atom. The van der Waals surface area contributed by atoms with Crippen molar-refractivity contribution in [3.8, 4) is 5.75 Å². The molecule has 1 fully saturated rings. The highest BCUT2D eigenvalue weighted by atomic mass is 16.7. The van der Waals surface area contributed by atoms with Crippen molar-refractivity contribution in [2.45, 2.75) is 51.2 Å². The quantitative estimate of drug-likeness (QED) is 0.745. The van der Waals surface area contributed by atoms with Crippen LogP contribution in [0, 0.1) is 0 Å². The summed E-state index contributed by atoms with van der Waals surface area (Å²) < 4.78 is 18.3. The van der Waals surface area contributed by atoms with Crippen LogP contribution in [-0.4, -0.2) is 18.3 Å². The lowest BCUT2D eigenvalue weighted by atomic mass is 9.75.